The number of nitrogens with zero attached hydrogens (tertiary/aromatic N) is 3. The van der Waals surface area contributed by atoms with Gasteiger partial charge >= 0.3 is 0 Å². The minimum absolute atomic E-state index is 0.0814. The van der Waals surface area contributed by atoms with Gasteiger partial charge in [0.25, 0.3) is 0 Å². The van der Waals surface area contributed by atoms with Gasteiger partial charge in [-0.25, -0.2) is 4.90 Å². The first-order valence-electron chi connectivity index (χ1n) is 16.5. The molecule has 10 heteroatoms. The minimum atomic E-state index is -1.19. The minimum Gasteiger partial charge on any atom is -0.504 e. The number of phenolic OH excluding ortho intramolecular Hbond substituents is 1. The van der Waals surface area contributed by atoms with E-state index in [0.29, 0.717) is 36.6 Å². The summed E-state index contributed by atoms with van der Waals surface area (Å²) in [5.74, 6) is -4.01. The van der Waals surface area contributed by atoms with E-state index in [-0.39, 0.29) is 41.5 Å². The molecule has 4 amide bonds. The second kappa shape index (κ2) is 11.3. The maximum Gasteiger partial charge on any atom is 0.241 e. The number of allylic oxidation sites excluding steroid dienone is 2. The maximum atomic E-state index is 14.5. The summed E-state index contributed by atoms with van der Waals surface area (Å²) in [6.07, 6.45) is 2.62. The summed E-state index contributed by atoms with van der Waals surface area (Å²) in [5.41, 5.74) is 2.35. The van der Waals surface area contributed by atoms with Gasteiger partial charge in [0.15, 0.2) is 11.5 Å². The van der Waals surface area contributed by atoms with Gasteiger partial charge in [0.05, 0.1) is 54.9 Å². The van der Waals surface area contributed by atoms with Crippen molar-refractivity contribution >= 4 is 40.7 Å². The zero-order valence-corrected chi connectivity index (χ0v) is 26.9. The summed E-state index contributed by atoms with van der Waals surface area (Å²) in [7, 11) is 1.47. The van der Waals surface area contributed by atoms with Crippen molar-refractivity contribution < 1.29 is 33.8 Å². The highest BCUT2D eigenvalue weighted by Gasteiger charge is 2.67. The van der Waals surface area contributed by atoms with Crippen LogP contribution >= 0.6 is 0 Å². The van der Waals surface area contributed by atoms with E-state index in [9.17, 15) is 24.3 Å². The van der Waals surface area contributed by atoms with Gasteiger partial charge < -0.3 is 19.5 Å². The standard InChI is InChI=1S/C38H37N3O7/c1-38-29(35(44)41(37(38)46)24-6-4-3-5-7-24)21-28-26(33(38)22-8-15-31(47-2)30(42)20-22)13-14-27-32(28)36(45)40(34(27)43)25-11-9-23(10-12-25)39-16-18-48-19-17-39/h3-13,15,20,27-29,32-33,42H,14,16-19,21H2,1-2H3/t27-,28+,29-,32-,33-,38+/m0/s1. The number of aromatic hydroxyl groups is 1. The Morgan fingerprint density at radius 1 is 0.812 bits per heavy atom. The van der Waals surface area contributed by atoms with Crippen LogP contribution in [0.1, 0.15) is 31.2 Å². The van der Waals surface area contributed by atoms with Crippen molar-refractivity contribution in [2.45, 2.75) is 25.7 Å². The Balaban J connectivity index is 1.19. The van der Waals surface area contributed by atoms with Crippen molar-refractivity contribution in [3.05, 3.63) is 90.0 Å². The number of carbonyl (C=O) groups excluding carboxylic acids is 4. The number of methoxy groups -OCH3 is 1. The molecule has 3 aromatic carbocycles. The third kappa shape index (κ3) is 4.35. The largest absolute Gasteiger partial charge is 0.504 e. The van der Waals surface area contributed by atoms with Crippen molar-refractivity contribution in [3.8, 4) is 11.5 Å². The molecular weight excluding hydrogens is 610 g/mol. The fourth-order valence-corrected chi connectivity index (χ4v) is 8.99. The number of hydrogen-bond donors (Lipinski definition) is 1. The van der Waals surface area contributed by atoms with E-state index < -0.39 is 35.0 Å². The Morgan fingerprint density at radius 3 is 2.19 bits per heavy atom. The van der Waals surface area contributed by atoms with Crippen LogP contribution in [0.15, 0.2) is 84.4 Å². The molecular formula is C38H37N3O7. The fourth-order valence-electron chi connectivity index (χ4n) is 8.99. The monoisotopic (exact) mass is 647 g/mol. The van der Waals surface area contributed by atoms with Gasteiger partial charge in [-0.1, -0.05) is 35.9 Å². The Kier molecular flexibility index (Phi) is 7.17. The van der Waals surface area contributed by atoms with E-state index >= 15 is 0 Å². The molecule has 0 aromatic heterocycles. The maximum absolute atomic E-state index is 14.5. The molecule has 1 saturated carbocycles. The van der Waals surface area contributed by atoms with Crippen molar-refractivity contribution in [3.63, 3.8) is 0 Å². The van der Waals surface area contributed by atoms with Crippen LogP contribution in [0.2, 0.25) is 0 Å². The topological polar surface area (TPSA) is 117 Å². The molecule has 0 spiro atoms. The quantitative estimate of drug-likeness (QED) is 0.314. The first-order valence-corrected chi connectivity index (χ1v) is 16.5. The summed E-state index contributed by atoms with van der Waals surface area (Å²) in [6, 6.07) is 21.5. The van der Waals surface area contributed by atoms with Crippen molar-refractivity contribution in [2.24, 2.45) is 29.1 Å². The number of carbonyl (C=O) groups is 4. The summed E-state index contributed by atoms with van der Waals surface area (Å²) in [4.78, 5) is 62.0. The number of anilines is 3. The van der Waals surface area contributed by atoms with Gasteiger partial charge in [-0.05, 0) is 79.8 Å². The van der Waals surface area contributed by atoms with Crippen LogP contribution in [-0.2, 0) is 23.9 Å². The highest BCUT2D eigenvalue weighted by Crippen LogP contribution is 2.64. The number of imide groups is 2. The van der Waals surface area contributed by atoms with Gasteiger partial charge in [0.1, 0.15) is 0 Å². The van der Waals surface area contributed by atoms with E-state index in [2.05, 4.69) is 4.90 Å². The Labute approximate surface area is 278 Å². The zero-order valence-electron chi connectivity index (χ0n) is 26.9. The van der Waals surface area contributed by atoms with Crippen molar-refractivity contribution in [1.29, 1.82) is 0 Å². The molecule has 3 saturated heterocycles. The third-order valence-corrected chi connectivity index (χ3v) is 11.3. The van der Waals surface area contributed by atoms with Crippen LogP contribution in [-0.4, -0.2) is 62.1 Å². The highest BCUT2D eigenvalue weighted by atomic mass is 16.5. The lowest BCUT2D eigenvalue weighted by atomic mass is 9.51. The molecule has 5 aliphatic rings. The van der Waals surface area contributed by atoms with Crippen LogP contribution in [0.4, 0.5) is 17.1 Å². The summed E-state index contributed by atoms with van der Waals surface area (Å²) < 4.78 is 10.8. The number of para-hydroxylation sites is 1. The number of fused-ring (bicyclic) bond motifs is 4. The third-order valence-electron chi connectivity index (χ3n) is 11.3. The van der Waals surface area contributed by atoms with Crippen LogP contribution in [0.5, 0.6) is 11.5 Å². The van der Waals surface area contributed by atoms with E-state index in [1.807, 2.05) is 49.4 Å². The Morgan fingerprint density at radius 2 is 1.50 bits per heavy atom. The van der Waals surface area contributed by atoms with Crippen LogP contribution < -0.4 is 19.4 Å². The van der Waals surface area contributed by atoms with Crippen LogP contribution in [0.25, 0.3) is 0 Å². The predicted molar refractivity (Wildman–Crippen MR) is 178 cm³/mol. The van der Waals surface area contributed by atoms with E-state index in [1.165, 1.54) is 16.9 Å². The number of phenols is 1. The van der Waals surface area contributed by atoms with Crippen LogP contribution in [0, 0.1) is 29.1 Å². The van der Waals surface area contributed by atoms with Gasteiger partial charge in [0, 0.05) is 24.7 Å². The number of rotatable bonds is 5. The molecule has 3 aliphatic heterocycles. The van der Waals surface area contributed by atoms with Gasteiger partial charge in [0.2, 0.25) is 23.6 Å². The summed E-state index contributed by atoms with van der Waals surface area (Å²) >= 11 is 0. The molecule has 3 aromatic rings. The average molecular weight is 648 g/mol. The molecule has 1 N–H and O–H groups in total. The number of morpholine rings is 1. The molecule has 0 radical (unpaired) electrons. The van der Waals surface area contributed by atoms with Gasteiger partial charge in [-0.15, -0.1) is 0 Å². The highest BCUT2D eigenvalue weighted by molar-refractivity contribution is 6.25. The van der Waals surface area contributed by atoms with E-state index in [0.717, 1.165) is 24.4 Å². The number of amides is 4. The second-order valence-corrected chi connectivity index (χ2v) is 13.6. The molecule has 8 rings (SSSR count). The molecule has 10 nitrogen and oxygen atoms in total. The molecule has 0 unspecified atom stereocenters. The van der Waals surface area contributed by atoms with E-state index in [1.54, 1.807) is 36.4 Å². The molecule has 48 heavy (non-hydrogen) atoms. The van der Waals surface area contributed by atoms with Gasteiger partial charge in [-0.2, -0.15) is 0 Å². The number of hydrogen-bond acceptors (Lipinski definition) is 8. The summed E-state index contributed by atoms with van der Waals surface area (Å²) in [6.45, 7) is 4.69. The second-order valence-electron chi connectivity index (χ2n) is 13.6. The van der Waals surface area contributed by atoms with Gasteiger partial charge in [-0.3, -0.25) is 24.1 Å². The molecule has 3 heterocycles. The number of ether oxygens (including phenoxy) is 2. The summed E-state index contributed by atoms with van der Waals surface area (Å²) in [5, 5.41) is 10.9. The lowest BCUT2D eigenvalue weighted by Gasteiger charge is -2.49. The molecule has 2 aliphatic carbocycles. The zero-order chi connectivity index (χ0) is 33.3. The SMILES string of the molecule is COc1ccc([C@H]2C3=CC[C@@H]4C(=O)N(c5ccc(N6CCOCC6)cc5)C(=O)[C@@H]4[C@@H]3C[C@H]3C(=O)N(c4ccccc4)C(=O)[C@@]23C)cc1O. The van der Waals surface area contributed by atoms with E-state index in [4.69, 9.17) is 9.47 Å². The molecule has 6 atom stereocenters. The molecule has 246 valence electrons. The molecule has 0 bridgehead atoms. The fraction of sp³-hybridized carbons (Fsp3) is 0.368. The lowest BCUT2D eigenvalue weighted by molar-refractivity contribution is -0.131. The number of benzene rings is 3. The molecule has 4 fully saturated rings. The first-order chi connectivity index (χ1) is 23.2. The Hall–Kier alpha value is -4.96. The Bertz CT molecular complexity index is 1850. The van der Waals surface area contributed by atoms with Crippen molar-refractivity contribution in [1.82, 2.24) is 0 Å². The van der Waals surface area contributed by atoms with Crippen molar-refractivity contribution in [2.75, 3.05) is 48.1 Å². The average Bonchev–Trinajstić information content (AvgIpc) is 3.48. The van der Waals surface area contributed by atoms with Crippen LogP contribution in [0.3, 0.4) is 0 Å². The normalized spacial score (nSPS) is 29.8. The lowest BCUT2D eigenvalue weighted by Crippen LogP contribution is -2.48. The smallest absolute Gasteiger partial charge is 0.241 e. The first kappa shape index (κ1) is 30.4. The predicted octanol–water partition coefficient (Wildman–Crippen LogP) is 4.67.